The minimum absolute atomic E-state index is 0.611. The lowest BCUT2D eigenvalue weighted by molar-refractivity contribution is 0.111. The van der Waals surface area contributed by atoms with Gasteiger partial charge in [0.25, 0.3) is 0 Å². The number of halogens is 2. The lowest BCUT2D eigenvalue weighted by atomic mass is 10.3. The van der Waals surface area contributed by atoms with Crippen molar-refractivity contribution in [3.8, 4) is 5.13 Å². The number of nitrogens with zero attached hydrogens (tertiary/aromatic N) is 2. The molecular weight excluding hydrogens is 427 g/mol. The van der Waals surface area contributed by atoms with Crippen LogP contribution in [0, 0.1) is 3.57 Å². The number of hydrogen-bond acceptors (Lipinski definition) is 3. The Labute approximate surface area is 129 Å². The number of rotatable bonds is 2. The smallest absolute Gasteiger partial charge is 0.195 e. The number of aldehydes is 1. The van der Waals surface area contributed by atoms with E-state index in [4.69, 9.17) is 0 Å². The summed E-state index contributed by atoms with van der Waals surface area (Å²) in [6, 6.07) is 7.74. The van der Waals surface area contributed by atoms with Crippen LogP contribution in [0.4, 0.5) is 0 Å². The lowest BCUT2D eigenvalue weighted by Crippen LogP contribution is -1.95. The second kappa shape index (κ2) is 4.75. The molecule has 0 aliphatic rings. The predicted molar refractivity (Wildman–Crippen MR) is 84.8 cm³/mol. The monoisotopic (exact) mass is 432 g/mol. The third-order valence-electron chi connectivity index (χ3n) is 2.51. The van der Waals surface area contributed by atoms with Crippen LogP contribution < -0.4 is 0 Å². The highest BCUT2D eigenvalue weighted by Crippen LogP contribution is 2.32. The van der Waals surface area contributed by atoms with Crippen LogP contribution in [0.3, 0.4) is 0 Å². The molecule has 3 rings (SSSR count). The number of benzene rings is 1. The van der Waals surface area contributed by atoms with E-state index in [1.807, 2.05) is 18.3 Å². The predicted octanol–water partition coefficient (Wildman–Crippen LogP) is 4.27. The molecule has 0 fully saturated rings. The fraction of sp³-hybridized carbons (Fsp3) is 0. The van der Waals surface area contributed by atoms with Crippen LogP contribution in [0.5, 0.6) is 0 Å². The van der Waals surface area contributed by atoms with Crippen molar-refractivity contribution in [1.29, 1.82) is 0 Å². The minimum Gasteiger partial charge on any atom is -0.296 e. The summed E-state index contributed by atoms with van der Waals surface area (Å²) in [5.41, 5.74) is 1.54. The molecule has 3 nitrogen and oxygen atoms in total. The Morgan fingerprint density at radius 2 is 2.28 bits per heavy atom. The fourth-order valence-corrected chi connectivity index (χ4v) is 4.69. The molecule has 0 saturated carbocycles. The number of carbonyl (C=O) groups excluding carboxylic acids is 1. The summed E-state index contributed by atoms with van der Waals surface area (Å²) in [4.78, 5) is 15.5. The van der Waals surface area contributed by atoms with Gasteiger partial charge in [-0.15, -0.1) is 0 Å². The van der Waals surface area contributed by atoms with Crippen molar-refractivity contribution in [1.82, 2.24) is 9.55 Å². The molecule has 0 saturated heterocycles. The maximum absolute atomic E-state index is 10.9. The number of aromatic nitrogens is 2. The number of thiazole rings is 1. The van der Waals surface area contributed by atoms with Gasteiger partial charge in [0, 0.05) is 14.2 Å². The highest BCUT2D eigenvalue weighted by atomic mass is 127. The van der Waals surface area contributed by atoms with Crippen molar-refractivity contribution in [3.63, 3.8) is 0 Å². The first-order valence-corrected chi connectivity index (χ1v) is 7.76. The molecule has 1 aromatic carbocycles. The molecule has 0 N–H and O–H groups in total. The summed E-state index contributed by atoms with van der Waals surface area (Å²) in [7, 11) is 0. The molecule has 0 radical (unpaired) electrons. The van der Waals surface area contributed by atoms with Crippen LogP contribution in [0.15, 0.2) is 34.9 Å². The molecule has 0 atom stereocenters. The summed E-state index contributed by atoms with van der Waals surface area (Å²) in [6.45, 7) is 0. The van der Waals surface area contributed by atoms with Crippen molar-refractivity contribution in [2.45, 2.75) is 0 Å². The molecule has 3 aromatic rings. The van der Waals surface area contributed by atoms with Crippen LogP contribution in [0.1, 0.15) is 10.5 Å². The maximum Gasteiger partial charge on any atom is 0.195 e. The van der Waals surface area contributed by atoms with E-state index in [9.17, 15) is 4.79 Å². The van der Waals surface area contributed by atoms with Gasteiger partial charge in [0.2, 0.25) is 0 Å². The summed E-state index contributed by atoms with van der Waals surface area (Å²) in [5, 5.41) is 0.805. The third kappa shape index (κ3) is 2.02. The topological polar surface area (TPSA) is 34.9 Å². The fourth-order valence-electron chi connectivity index (χ4n) is 1.71. The SMILES string of the molecule is O=Cc1cccn1-c1nc2c(Br)cc(I)cc2s1. The Kier molecular flexibility index (Phi) is 3.25. The summed E-state index contributed by atoms with van der Waals surface area (Å²) in [5.74, 6) is 0. The van der Waals surface area contributed by atoms with Crippen molar-refractivity contribution in [2.75, 3.05) is 0 Å². The van der Waals surface area contributed by atoms with Crippen molar-refractivity contribution >= 4 is 66.4 Å². The van der Waals surface area contributed by atoms with Gasteiger partial charge in [-0.2, -0.15) is 0 Å². The van der Waals surface area contributed by atoms with E-state index in [-0.39, 0.29) is 0 Å². The zero-order chi connectivity index (χ0) is 12.7. The number of carbonyl (C=O) groups is 1. The van der Waals surface area contributed by atoms with Gasteiger partial charge in [0.1, 0.15) is 0 Å². The number of hydrogen-bond donors (Lipinski definition) is 0. The molecule has 0 unspecified atom stereocenters. The molecule has 18 heavy (non-hydrogen) atoms. The molecule has 0 spiro atoms. The minimum atomic E-state index is 0.611. The normalized spacial score (nSPS) is 11.0. The third-order valence-corrected chi connectivity index (χ3v) is 4.74. The van der Waals surface area contributed by atoms with Crippen LogP contribution in [0.2, 0.25) is 0 Å². The van der Waals surface area contributed by atoms with Gasteiger partial charge in [-0.3, -0.25) is 9.36 Å². The van der Waals surface area contributed by atoms with E-state index in [0.717, 1.165) is 29.7 Å². The van der Waals surface area contributed by atoms with E-state index in [1.54, 1.807) is 22.0 Å². The van der Waals surface area contributed by atoms with Crippen LogP contribution in [0.25, 0.3) is 15.3 Å². The Morgan fingerprint density at radius 1 is 1.44 bits per heavy atom. The number of fused-ring (bicyclic) bond motifs is 1. The Hall–Kier alpha value is -0.730. The van der Waals surface area contributed by atoms with Crippen LogP contribution in [-0.2, 0) is 0 Å². The Balaban J connectivity index is 2.25. The zero-order valence-electron chi connectivity index (χ0n) is 8.93. The van der Waals surface area contributed by atoms with Gasteiger partial charge in [-0.25, -0.2) is 4.98 Å². The van der Waals surface area contributed by atoms with Gasteiger partial charge in [-0.1, -0.05) is 11.3 Å². The second-order valence-corrected chi connectivity index (χ2v) is 6.76. The van der Waals surface area contributed by atoms with Gasteiger partial charge in [0.15, 0.2) is 11.4 Å². The molecule has 90 valence electrons. The molecule has 0 amide bonds. The van der Waals surface area contributed by atoms with Gasteiger partial charge >= 0.3 is 0 Å². The van der Waals surface area contributed by atoms with Crippen molar-refractivity contribution in [2.24, 2.45) is 0 Å². The van der Waals surface area contributed by atoms with Gasteiger partial charge in [0.05, 0.1) is 15.9 Å². The van der Waals surface area contributed by atoms with Crippen LogP contribution in [-0.4, -0.2) is 15.8 Å². The van der Waals surface area contributed by atoms with E-state index < -0.39 is 0 Å². The summed E-state index contributed by atoms with van der Waals surface area (Å²) >= 11 is 7.37. The average molecular weight is 433 g/mol. The highest BCUT2D eigenvalue weighted by Gasteiger charge is 2.11. The second-order valence-electron chi connectivity index (χ2n) is 3.65. The van der Waals surface area contributed by atoms with E-state index in [0.29, 0.717) is 5.69 Å². The Morgan fingerprint density at radius 3 is 3.06 bits per heavy atom. The maximum atomic E-state index is 10.9. The average Bonchev–Trinajstić information content (AvgIpc) is 2.92. The van der Waals surface area contributed by atoms with Crippen molar-refractivity contribution < 1.29 is 4.79 Å². The molecule has 6 heteroatoms. The first-order chi connectivity index (χ1) is 8.69. The van der Waals surface area contributed by atoms with E-state index in [1.165, 1.54) is 0 Å². The highest BCUT2D eigenvalue weighted by molar-refractivity contribution is 14.1. The molecule has 2 heterocycles. The largest absolute Gasteiger partial charge is 0.296 e. The summed E-state index contributed by atoms with van der Waals surface area (Å²) in [6.07, 6.45) is 2.69. The first kappa shape index (κ1) is 12.3. The lowest BCUT2D eigenvalue weighted by Gasteiger charge is -1.97. The van der Waals surface area contributed by atoms with E-state index in [2.05, 4.69) is 49.6 Å². The summed E-state index contributed by atoms with van der Waals surface area (Å²) < 4.78 is 5.04. The van der Waals surface area contributed by atoms with E-state index >= 15 is 0 Å². The standard InChI is InChI=1S/C12H6BrIN2OS/c13-9-4-7(14)5-10-11(9)15-12(18-10)16-3-1-2-8(16)6-17/h1-6H. The zero-order valence-corrected chi connectivity index (χ0v) is 13.5. The molecule has 0 aliphatic heterocycles. The molecule has 0 aliphatic carbocycles. The Bertz CT molecular complexity index is 750. The molecule has 2 aromatic heterocycles. The van der Waals surface area contributed by atoms with Crippen molar-refractivity contribution in [3.05, 3.63) is 44.2 Å². The first-order valence-electron chi connectivity index (χ1n) is 5.07. The van der Waals surface area contributed by atoms with Crippen LogP contribution >= 0.6 is 49.9 Å². The molecule has 0 bridgehead atoms. The van der Waals surface area contributed by atoms with Gasteiger partial charge in [-0.05, 0) is 62.8 Å². The quantitative estimate of drug-likeness (QED) is 0.447. The van der Waals surface area contributed by atoms with Gasteiger partial charge < -0.3 is 0 Å². The molecular formula is C12H6BrIN2OS.